The Balaban J connectivity index is 1.28. The molecule has 2 amide bonds. The maximum absolute atomic E-state index is 12.3. The number of nitrogens with one attached hydrogen (secondary N) is 2. The van der Waals surface area contributed by atoms with E-state index < -0.39 is 0 Å². The van der Waals surface area contributed by atoms with Crippen LogP contribution in [-0.2, 0) is 9.59 Å². The maximum Gasteiger partial charge on any atom is 0.243 e. The number of anilines is 2. The van der Waals surface area contributed by atoms with Gasteiger partial charge in [0, 0.05) is 24.8 Å². The molecule has 2 N–H and O–H groups in total. The van der Waals surface area contributed by atoms with E-state index in [-0.39, 0.29) is 24.1 Å². The van der Waals surface area contributed by atoms with Crippen LogP contribution in [0.4, 0.5) is 11.6 Å². The number of hydrogen-bond acceptors (Lipinski definition) is 6. The molecule has 1 aliphatic heterocycles. The van der Waals surface area contributed by atoms with Gasteiger partial charge in [-0.1, -0.05) is 23.9 Å². The molecule has 31 heavy (non-hydrogen) atoms. The fourth-order valence-electron chi connectivity index (χ4n) is 3.77. The zero-order valence-electron chi connectivity index (χ0n) is 18.2. The number of amides is 2. The minimum atomic E-state index is -0.236. The van der Waals surface area contributed by atoms with Gasteiger partial charge in [0.1, 0.15) is 0 Å². The average molecular weight is 443 g/mol. The summed E-state index contributed by atoms with van der Waals surface area (Å²) in [7, 11) is 0. The lowest BCUT2D eigenvalue weighted by atomic mass is 10.1. The van der Waals surface area contributed by atoms with E-state index in [1.807, 2.05) is 32.0 Å². The van der Waals surface area contributed by atoms with Crippen LogP contribution in [0.2, 0.25) is 0 Å². The maximum atomic E-state index is 12.3. The lowest BCUT2D eigenvalue weighted by Crippen LogP contribution is -2.34. The van der Waals surface area contributed by atoms with E-state index in [2.05, 4.69) is 30.3 Å². The number of aryl methyl sites for hydroxylation is 1. The molecule has 0 spiro atoms. The highest BCUT2D eigenvalue weighted by Gasteiger charge is 2.32. The Morgan fingerprint density at radius 3 is 2.61 bits per heavy atom. The Labute approximate surface area is 187 Å². The van der Waals surface area contributed by atoms with Crippen molar-refractivity contribution in [3.05, 3.63) is 29.3 Å². The summed E-state index contributed by atoms with van der Waals surface area (Å²) in [4.78, 5) is 26.9. The second-order valence-electron chi connectivity index (χ2n) is 8.29. The standard InChI is InChI=1S/C22H30N6O2S/c1-15-7-6-8-18(16(15)2)24-19(29)13-23-20(30)14-31-22-26-25-21(28(22)17-9-10-17)27-11-4-3-5-12-27/h6-8,17H,3-5,9-14H2,1-2H3,(H,23,30)(H,24,29). The third kappa shape index (κ3) is 5.39. The summed E-state index contributed by atoms with van der Waals surface area (Å²) in [6, 6.07) is 6.21. The summed E-state index contributed by atoms with van der Waals surface area (Å²) in [5.74, 6) is 0.728. The van der Waals surface area contributed by atoms with Crippen molar-refractivity contribution < 1.29 is 9.59 Å². The van der Waals surface area contributed by atoms with Gasteiger partial charge in [0.25, 0.3) is 0 Å². The summed E-state index contributed by atoms with van der Waals surface area (Å²) in [6.07, 6.45) is 5.92. The average Bonchev–Trinajstić information content (AvgIpc) is 3.53. The number of benzene rings is 1. The summed E-state index contributed by atoms with van der Waals surface area (Å²) < 4.78 is 2.20. The molecular weight excluding hydrogens is 412 g/mol. The molecule has 0 radical (unpaired) electrons. The van der Waals surface area contributed by atoms with Crippen molar-refractivity contribution in [3.8, 4) is 0 Å². The van der Waals surface area contributed by atoms with E-state index in [9.17, 15) is 9.59 Å². The largest absolute Gasteiger partial charge is 0.346 e. The van der Waals surface area contributed by atoms with Crippen LogP contribution in [0.1, 0.15) is 49.3 Å². The number of piperidine rings is 1. The number of nitrogens with zero attached hydrogens (tertiary/aromatic N) is 4. The molecule has 1 aromatic carbocycles. The zero-order chi connectivity index (χ0) is 21.8. The molecule has 2 aromatic rings. The quantitative estimate of drug-likeness (QED) is 0.611. The van der Waals surface area contributed by atoms with Crippen molar-refractivity contribution in [3.63, 3.8) is 0 Å². The van der Waals surface area contributed by atoms with E-state index in [1.165, 1.54) is 31.0 Å². The summed E-state index contributed by atoms with van der Waals surface area (Å²) in [5, 5.41) is 15.2. The Morgan fingerprint density at radius 2 is 1.87 bits per heavy atom. The lowest BCUT2D eigenvalue weighted by Gasteiger charge is -2.27. The highest BCUT2D eigenvalue weighted by Crippen LogP contribution is 2.41. The summed E-state index contributed by atoms with van der Waals surface area (Å²) in [5.41, 5.74) is 2.92. The number of carbonyl (C=O) groups excluding carboxylic acids is 2. The molecule has 166 valence electrons. The molecule has 2 fully saturated rings. The van der Waals surface area contributed by atoms with E-state index in [0.29, 0.717) is 6.04 Å². The van der Waals surface area contributed by atoms with Gasteiger partial charge in [-0.15, -0.1) is 10.2 Å². The Hall–Kier alpha value is -2.55. The normalized spacial score (nSPS) is 16.3. The second kappa shape index (κ2) is 9.72. The number of thioether (sulfide) groups is 1. The van der Waals surface area contributed by atoms with Gasteiger partial charge in [-0.3, -0.25) is 14.2 Å². The Kier molecular flexibility index (Phi) is 6.80. The van der Waals surface area contributed by atoms with Crippen molar-refractivity contribution in [2.24, 2.45) is 0 Å². The van der Waals surface area contributed by atoms with Crippen LogP contribution in [-0.4, -0.2) is 52.0 Å². The van der Waals surface area contributed by atoms with Gasteiger partial charge in [-0.25, -0.2) is 0 Å². The van der Waals surface area contributed by atoms with E-state index in [0.717, 1.165) is 53.9 Å². The smallest absolute Gasteiger partial charge is 0.243 e. The topological polar surface area (TPSA) is 92.2 Å². The molecule has 0 unspecified atom stereocenters. The monoisotopic (exact) mass is 442 g/mol. The minimum absolute atomic E-state index is 0.0544. The van der Waals surface area contributed by atoms with E-state index in [1.54, 1.807) is 0 Å². The van der Waals surface area contributed by atoms with Gasteiger partial charge >= 0.3 is 0 Å². The van der Waals surface area contributed by atoms with Gasteiger partial charge in [0.05, 0.1) is 12.3 Å². The summed E-state index contributed by atoms with van der Waals surface area (Å²) in [6.45, 7) is 5.95. The van der Waals surface area contributed by atoms with Crippen LogP contribution >= 0.6 is 11.8 Å². The molecule has 1 saturated carbocycles. The number of carbonyl (C=O) groups is 2. The zero-order valence-corrected chi connectivity index (χ0v) is 19.0. The van der Waals surface area contributed by atoms with Gasteiger partial charge in [-0.2, -0.15) is 0 Å². The highest BCUT2D eigenvalue weighted by atomic mass is 32.2. The van der Waals surface area contributed by atoms with Crippen molar-refractivity contribution in [1.29, 1.82) is 0 Å². The molecule has 1 aliphatic carbocycles. The minimum Gasteiger partial charge on any atom is -0.346 e. The van der Waals surface area contributed by atoms with Gasteiger partial charge in [0.15, 0.2) is 5.16 Å². The first kappa shape index (κ1) is 21.7. The van der Waals surface area contributed by atoms with Crippen LogP contribution in [0.25, 0.3) is 0 Å². The SMILES string of the molecule is Cc1cccc(NC(=O)CNC(=O)CSc2nnc(N3CCCCC3)n2C2CC2)c1C. The Bertz CT molecular complexity index is 949. The van der Waals surface area contributed by atoms with Gasteiger partial charge < -0.3 is 15.5 Å². The second-order valence-corrected chi connectivity index (χ2v) is 9.24. The number of aromatic nitrogens is 3. The highest BCUT2D eigenvalue weighted by molar-refractivity contribution is 7.99. The molecule has 1 aromatic heterocycles. The van der Waals surface area contributed by atoms with Crippen molar-refractivity contribution in [1.82, 2.24) is 20.1 Å². The molecule has 4 rings (SSSR count). The first-order valence-corrected chi connectivity index (χ1v) is 12.0. The third-order valence-corrected chi connectivity index (χ3v) is 6.80. The third-order valence-electron chi connectivity index (χ3n) is 5.85. The van der Waals surface area contributed by atoms with Crippen molar-refractivity contribution in [2.45, 2.75) is 57.1 Å². The lowest BCUT2D eigenvalue weighted by molar-refractivity contribution is -0.122. The molecule has 9 heteroatoms. The van der Waals surface area contributed by atoms with Crippen molar-refractivity contribution >= 4 is 35.2 Å². The van der Waals surface area contributed by atoms with Crippen LogP contribution in [0.15, 0.2) is 23.4 Å². The van der Waals surface area contributed by atoms with Crippen molar-refractivity contribution in [2.75, 3.05) is 35.6 Å². The first-order valence-electron chi connectivity index (χ1n) is 11.0. The predicted molar refractivity (Wildman–Crippen MR) is 123 cm³/mol. The predicted octanol–water partition coefficient (Wildman–Crippen LogP) is 3.07. The Morgan fingerprint density at radius 1 is 1.10 bits per heavy atom. The molecule has 2 heterocycles. The van der Waals surface area contributed by atoms with E-state index >= 15 is 0 Å². The first-order chi connectivity index (χ1) is 15.0. The molecule has 8 nitrogen and oxygen atoms in total. The number of rotatable bonds is 8. The van der Waals surface area contributed by atoms with Gasteiger partial charge in [0.2, 0.25) is 17.8 Å². The summed E-state index contributed by atoms with van der Waals surface area (Å²) >= 11 is 1.39. The fraction of sp³-hybridized carbons (Fsp3) is 0.545. The van der Waals surface area contributed by atoms with Crippen LogP contribution in [0.5, 0.6) is 0 Å². The molecule has 0 atom stereocenters. The molecular formula is C22H30N6O2S. The molecule has 2 aliphatic rings. The van der Waals surface area contributed by atoms with Gasteiger partial charge in [-0.05, 0) is 63.1 Å². The van der Waals surface area contributed by atoms with Crippen LogP contribution in [0, 0.1) is 13.8 Å². The van der Waals surface area contributed by atoms with E-state index in [4.69, 9.17) is 0 Å². The molecule has 1 saturated heterocycles. The van der Waals surface area contributed by atoms with Crippen LogP contribution < -0.4 is 15.5 Å². The fourth-order valence-corrected chi connectivity index (χ4v) is 4.60. The van der Waals surface area contributed by atoms with Crippen LogP contribution in [0.3, 0.4) is 0 Å². The molecule has 0 bridgehead atoms. The number of hydrogen-bond donors (Lipinski definition) is 2.